The van der Waals surface area contributed by atoms with E-state index in [0.29, 0.717) is 44.6 Å². The maximum atomic E-state index is 13.1. The number of nitrogens with one attached hydrogen (secondary N) is 1. The molecule has 0 bridgehead atoms. The van der Waals surface area contributed by atoms with Crippen molar-refractivity contribution in [2.24, 2.45) is 0 Å². The standard InChI is InChI=1S/C24H27N3O4/c1-18(31-20-10-6-3-7-11-20)21(28)26-16-13-24(14-17-26)22(29)27(23(30)25-24)15-12-19-8-4-2-5-9-19/h2-11,18H,12-17H2,1H3,(H,25,30). The van der Waals surface area contributed by atoms with E-state index >= 15 is 0 Å². The smallest absolute Gasteiger partial charge is 0.325 e. The number of nitrogens with zero attached hydrogens (tertiary/aromatic N) is 2. The predicted molar refractivity (Wildman–Crippen MR) is 115 cm³/mol. The Morgan fingerprint density at radius 3 is 2.29 bits per heavy atom. The first-order valence-electron chi connectivity index (χ1n) is 10.7. The summed E-state index contributed by atoms with van der Waals surface area (Å²) >= 11 is 0. The molecule has 2 aliphatic heterocycles. The summed E-state index contributed by atoms with van der Waals surface area (Å²) in [6.07, 6.45) is 0.814. The van der Waals surface area contributed by atoms with Crippen molar-refractivity contribution in [3.05, 3.63) is 66.2 Å². The van der Waals surface area contributed by atoms with E-state index < -0.39 is 11.6 Å². The molecule has 1 spiro atoms. The van der Waals surface area contributed by atoms with Crippen molar-refractivity contribution in [2.45, 2.75) is 37.8 Å². The molecule has 1 unspecified atom stereocenters. The molecule has 2 heterocycles. The van der Waals surface area contributed by atoms with Crippen LogP contribution in [0.25, 0.3) is 0 Å². The molecule has 1 atom stereocenters. The van der Waals surface area contributed by atoms with Gasteiger partial charge in [0.25, 0.3) is 11.8 Å². The monoisotopic (exact) mass is 421 g/mol. The number of carbonyl (C=O) groups excluding carboxylic acids is 3. The summed E-state index contributed by atoms with van der Waals surface area (Å²) in [7, 11) is 0. The highest BCUT2D eigenvalue weighted by Crippen LogP contribution is 2.30. The minimum absolute atomic E-state index is 0.114. The first kappa shape index (κ1) is 20.9. The predicted octanol–water partition coefficient (Wildman–Crippen LogP) is 2.61. The van der Waals surface area contributed by atoms with Gasteiger partial charge in [-0.1, -0.05) is 48.5 Å². The number of hydrogen-bond donors (Lipinski definition) is 1. The van der Waals surface area contributed by atoms with Gasteiger partial charge in [-0.25, -0.2) is 4.79 Å². The third-order valence-corrected chi connectivity index (χ3v) is 6.05. The van der Waals surface area contributed by atoms with E-state index in [2.05, 4.69) is 5.32 Å². The molecular weight excluding hydrogens is 394 g/mol. The number of para-hydroxylation sites is 1. The Kier molecular flexibility index (Phi) is 5.93. The Balaban J connectivity index is 1.33. The van der Waals surface area contributed by atoms with Gasteiger partial charge in [-0.05, 0) is 43.9 Å². The zero-order valence-corrected chi connectivity index (χ0v) is 17.6. The van der Waals surface area contributed by atoms with Crippen LogP contribution in [-0.4, -0.2) is 58.9 Å². The van der Waals surface area contributed by atoms with Gasteiger partial charge in [-0.15, -0.1) is 0 Å². The minimum atomic E-state index is -0.909. The fourth-order valence-corrected chi connectivity index (χ4v) is 4.22. The number of urea groups is 1. The van der Waals surface area contributed by atoms with Crippen molar-refractivity contribution in [1.82, 2.24) is 15.1 Å². The Morgan fingerprint density at radius 2 is 1.65 bits per heavy atom. The fraction of sp³-hybridized carbons (Fsp3) is 0.375. The molecule has 0 saturated carbocycles. The zero-order chi connectivity index (χ0) is 21.8. The van der Waals surface area contributed by atoms with Gasteiger partial charge in [0, 0.05) is 19.6 Å². The molecule has 0 radical (unpaired) electrons. The maximum Gasteiger partial charge on any atom is 0.325 e. The quantitative estimate of drug-likeness (QED) is 0.728. The number of benzene rings is 2. The van der Waals surface area contributed by atoms with Crippen LogP contribution in [-0.2, 0) is 16.0 Å². The van der Waals surface area contributed by atoms with E-state index in [1.165, 1.54) is 4.90 Å². The van der Waals surface area contributed by atoms with Crippen LogP contribution in [0.4, 0.5) is 4.79 Å². The van der Waals surface area contributed by atoms with Crippen molar-refractivity contribution in [2.75, 3.05) is 19.6 Å². The van der Waals surface area contributed by atoms with Gasteiger partial charge in [0.05, 0.1) is 0 Å². The topological polar surface area (TPSA) is 79.0 Å². The van der Waals surface area contributed by atoms with E-state index in [9.17, 15) is 14.4 Å². The zero-order valence-electron chi connectivity index (χ0n) is 17.6. The lowest BCUT2D eigenvalue weighted by molar-refractivity contribution is -0.142. The number of ether oxygens (including phenoxy) is 1. The molecule has 162 valence electrons. The first-order valence-corrected chi connectivity index (χ1v) is 10.7. The SMILES string of the molecule is CC(Oc1ccccc1)C(=O)N1CCC2(CC1)NC(=O)N(CCc1ccccc1)C2=O. The van der Waals surface area contributed by atoms with Gasteiger partial charge in [-0.2, -0.15) is 0 Å². The lowest BCUT2D eigenvalue weighted by Gasteiger charge is -2.38. The van der Waals surface area contributed by atoms with Crippen molar-refractivity contribution in [3.63, 3.8) is 0 Å². The molecule has 0 aliphatic carbocycles. The summed E-state index contributed by atoms with van der Waals surface area (Å²) in [5, 5.41) is 2.90. The summed E-state index contributed by atoms with van der Waals surface area (Å²) in [5.41, 5.74) is 0.172. The third kappa shape index (κ3) is 4.40. The second-order valence-corrected chi connectivity index (χ2v) is 8.10. The molecular formula is C24H27N3O4. The average molecular weight is 421 g/mol. The largest absolute Gasteiger partial charge is 0.481 e. The lowest BCUT2D eigenvalue weighted by atomic mass is 9.87. The van der Waals surface area contributed by atoms with Crippen LogP contribution in [0.15, 0.2) is 60.7 Å². The second kappa shape index (κ2) is 8.79. The number of piperidine rings is 1. The van der Waals surface area contributed by atoms with Crippen LogP contribution < -0.4 is 10.1 Å². The van der Waals surface area contributed by atoms with Gasteiger partial charge < -0.3 is 15.0 Å². The Morgan fingerprint density at radius 1 is 1.03 bits per heavy atom. The molecule has 7 nitrogen and oxygen atoms in total. The number of likely N-dealkylation sites (tertiary alicyclic amines) is 1. The molecule has 2 aromatic rings. The summed E-state index contributed by atoms with van der Waals surface area (Å²) in [6.45, 7) is 2.88. The van der Waals surface area contributed by atoms with E-state index in [1.54, 1.807) is 11.8 Å². The highest BCUT2D eigenvalue weighted by atomic mass is 16.5. The van der Waals surface area contributed by atoms with E-state index in [4.69, 9.17) is 4.74 Å². The molecule has 4 amide bonds. The Labute approximate surface area is 182 Å². The lowest BCUT2D eigenvalue weighted by Crippen LogP contribution is -2.57. The molecule has 1 N–H and O–H groups in total. The Bertz CT molecular complexity index is 940. The van der Waals surface area contributed by atoms with E-state index in [0.717, 1.165) is 5.56 Å². The summed E-state index contributed by atoms with van der Waals surface area (Å²) in [6, 6.07) is 18.7. The fourth-order valence-electron chi connectivity index (χ4n) is 4.22. The van der Waals surface area contributed by atoms with Crippen LogP contribution in [0.2, 0.25) is 0 Å². The first-order chi connectivity index (χ1) is 15.0. The normalized spacial score (nSPS) is 18.7. The van der Waals surface area contributed by atoms with Crippen LogP contribution in [0.1, 0.15) is 25.3 Å². The number of rotatable bonds is 6. The molecule has 31 heavy (non-hydrogen) atoms. The van der Waals surface area contributed by atoms with Crippen molar-refractivity contribution in [1.29, 1.82) is 0 Å². The van der Waals surface area contributed by atoms with Crippen molar-refractivity contribution in [3.8, 4) is 5.75 Å². The maximum absolute atomic E-state index is 13.1. The van der Waals surface area contributed by atoms with Crippen LogP contribution >= 0.6 is 0 Å². The van der Waals surface area contributed by atoms with E-state index in [1.807, 2.05) is 60.7 Å². The van der Waals surface area contributed by atoms with Gasteiger partial charge in [0.15, 0.2) is 6.10 Å². The van der Waals surface area contributed by atoms with Crippen LogP contribution in [0.5, 0.6) is 5.75 Å². The third-order valence-electron chi connectivity index (χ3n) is 6.05. The van der Waals surface area contributed by atoms with Crippen molar-refractivity contribution >= 4 is 17.8 Å². The average Bonchev–Trinajstić information content (AvgIpc) is 3.02. The van der Waals surface area contributed by atoms with Crippen LogP contribution in [0, 0.1) is 0 Å². The summed E-state index contributed by atoms with van der Waals surface area (Å²) in [4.78, 5) is 41.4. The molecule has 2 aromatic carbocycles. The Hall–Kier alpha value is -3.35. The molecule has 2 fully saturated rings. The van der Waals surface area contributed by atoms with Gasteiger partial charge in [-0.3, -0.25) is 14.5 Å². The summed E-state index contributed by atoms with van der Waals surface area (Å²) < 4.78 is 5.74. The highest BCUT2D eigenvalue weighted by Gasteiger charge is 2.52. The number of hydrogen-bond acceptors (Lipinski definition) is 4. The molecule has 2 aliphatic rings. The molecule has 7 heteroatoms. The molecule has 0 aromatic heterocycles. The number of imide groups is 1. The van der Waals surface area contributed by atoms with Gasteiger partial charge in [0.1, 0.15) is 11.3 Å². The highest BCUT2D eigenvalue weighted by molar-refractivity contribution is 6.07. The van der Waals surface area contributed by atoms with E-state index in [-0.39, 0.29) is 17.8 Å². The van der Waals surface area contributed by atoms with Gasteiger partial charge >= 0.3 is 6.03 Å². The van der Waals surface area contributed by atoms with Gasteiger partial charge in [0.2, 0.25) is 0 Å². The summed E-state index contributed by atoms with van der Waals surface area (Å²) in [5.74, 6) is 0.342. The van der Waals surface area contributed by atoms with Crippen molar-refractivity contribution < 1.29 is 19.1 Å². The number of carbonyl (C=O) groups is 3. The number of amides is 4. The minimum Gasteiger partial charge on any atom is -0.481 e. The molecule has 2 saturated heterocycles. The molecule has 4 rings (SSSR count). The second-order valence-electron chi connectivity index (χ2n) is 8.10. The van der Waals surface area contributed by atoms with Crippen LogP contribution in [0.3, 0.4) is 0 Å².